The van der Waals surface area contributed by atoms with E-state index < -0.39 is 0 Å². The number of aromatic nitrogens is 1. The Hall–Kier alpha value is -1.09. The molecule has 0 atom stereocenters. The lowest BCUT2D eigenvalue weighted by Crippen LogP contribution is -2.30. The first-order chi connectivity index (χ1) is 9.60. The summed E-state index contributed by atoms with van der Waals surface area (Å²) in [5, 5.41) is 3.50. The van der Waals surface area contributed by atoms with Crippen LogP contribution in [0.5, 0.6) is 0 Å². The van der Waals surface area contributed by atoms with Crippen LogP contribution in [-0.4, -0.2) is 24.1 Å². The molecule has 3 heteroatoms. The van der Waals surface area contributed by atoms with Gasteiger partial charge in [0, 0.05) is 31.4 Å². The lowest BCUT2D eigenvalue weighted by atomic mass is 10.1. The third-order valence-corrected chi connectivity index (χ3v) is 4.24. The van der Waals surface area contributed by atoms with E-state index in [2.05, 4.69) is 50.2 Å². The zero-order valence-electron chi connectivity index (χ0n) is 13.4. The van der Waals surface area contributed by atoms with Crippen molar-refractivity contribution in [1.29, 1.82) is 0 Å². The quantitative estimate of drug-likeness (QED) is 0.861. The molecule has 3 nitrogen and oxygen atoms in total. The largest absolute Gasteiger partial charge is 0.357 e. The minimum atomic E-state index is 0.518. The zero-order valence-corrected chi connectivity index (χ0v) is 13.4. The summed E-state index contributed by atoms with van der Waals surface area (Å²) in [6.07, 6.45) is 6.36. The van der Waals surface area contributed by atoms with Gasteiger partial charge >= 0.3 is 0 Å². The van der Waals surface area contributed by atoms with E-state index in [4.69, 9.17) is 4.98 Å². The van der Waals surface area contributed by atoms with E-state index in [1.54, 1.807) is 0 Å². The highest BCUT2D eigenvalue weighted by Gasteiger charge is 2.21. The monoisotopic (exact) mass is 275 g/mol. The van der Waals surface area contributed by atoms with Crippen molar-refractivity contribution in [2.24, 2.45) is 0 Å². The number of hydrogen-bond donors (Lipinski definition) is 1. The van der Waals surface area contributed by atoms with Gasteiger partial charge in [0.1, 0.15) is 5.82 Å². The molecule has 1 heterocycles. The van der Waals surface area contributed by atoms with Crippen molar-refractivity contribution in [3.63, 3.8) is 0 Å². The van der Waals surface area contributed by atoms with E-state index in [0.29, 0.717) is 12.1 Å². The lowest BCUT2D eigenvalue weighted by molar-refractivity contribution is 0.587. The number of rotatable bonds is 6. The van der Waals surface area contributed by atoms with Gasteiger partial charge in [-0.2, -0.15) is 0 Å². The van der Waals surface area contributed by atoms with Crippen LogP contribution in [0.25, 0.3) is 0 Å². The van der Waals surface area contributed by atoms with E-state index in [1.165, 1.54) is 36.9 Å². The van der Waals surface area contributed by atoms with Crippen LogP contribution >= 0.6 is 0 Å². The molecule has 0 saturated heterocycles. The molecular formula is C17H29N3. The van der Waals surface area contributed by atoms with Gasteiger partial charge in [0.15, 0.2) is 0 Å². The SMILES string of the molecule is CCc1cc(CNC(C)C)cc(N(C)C2CCCC2)n1. The molecule has 1 aromatic heterocycles. The Morgan fingerprint density at radius 3 is 2.60 bits per heavy atom. The van der Waals surface area contributed by atoms with Crippen LogP contribution in [0.2, 0.25) is 0 Å². The van der Waals surface area contributed by atoms with Gasteiger partial charge < -0.3 is 10.2 Å². The molecule has 20 heavy (non-hydrogen) atoms. The Bertz CT molecular complexity index is 422. The first-order valence-corrected chi connectivity index (χ1v) is 8.06. The van der Waals surface area contributed by atoms with E-state index in [-0.39, 0.29) is 0 Å². The van der Waals surface area contributed by atoms with Crippen LogP contribution < -0.4 is 10.2 Å². The van der Waals surface area contributed by atoms with Crippen LogP contribution in [0.15, 0.2) is 12.1 Å². The predicted molar refractivity (Wildman–Crippen MR) is 86.2 cm³/mol. The van der Waals surface area contributed by atoms with Crippen LogP contribution in [0.3, 0.4) is 0 Å². The summed E-state index contributed by atoms with van der Waals surface area (Å²) in [5.74, 6) is 1.15. The number of anilines is 1. The first-order valence-electron chi connectivity index (χ1n) is 8.06. The zero-order chi connectivity index (χ0) is 14.5. The molecule has 1 aliphatic carbocycles. The molecule has 0 spiro atoms. The second kappa shape index (κ2) is 7.07. The average molecular weight is 275 g/mol. The topological polar surface area (TPSA) is 28.2 Å². The fourth-order valence-corrected chi connectivity index (χ4v) is 2.90. The maximum Gasteiger partial charge on any atom is 0.129 e. The van der Waals surface area contributed by atoms with Crippen molar-refractivity contribution in [2.45, 2.75) is 71.5 Å². The Labute approximate surface area is 123 Å². The highest BCUT2D eigenvalue weighted by molar-refractivity contribution is 5.43. The van der Waals surface area contributed by atoms with Gasteiger partial charge in [-0.1, -0.05) is 33.6 Å². The van der Waals surface area contributed by atoms with E-state index in [9.17, 15) is 0 Å². The van der Waals surface area contributed by atoms with Crippen molar-refractivity contribution >= 4 is 5.82 Å². The van der Waals surface area contributed by atoms with Crippen LogP contribution in [0, 0.1) is 0 Å². The van der Waals surface area contributed by atoms with Gasteiger partial charge in [0.2, 0.25) is 0 Å². The van der Waals surface area contributed by atoms with Crippen molar-refractivity contribution < 1.29 is 0 Å². The standard InChI is InChI=1S/C17H29N3/c1-5-15-10-14(12-18-13(2)3)11-17(19-15)20(4)16-8-6-7-9-16/h10-11,13,16,18H,5-9,12H2,1-4H3. The number of aryl methyl sites for hydroxylation is 1. The van der Waals surface area contributed by atoms with Gasteiger partial charge in [0.05, 0.1) is 0 Å². The van der Waals surface area contributed by atoms with Gasteiger partial charge in [-0.3, -0.25) is 0 Å². The Morgan fingerprint density at radius 2 is 2.00 bits per heavy atom. The van der Waals surface area contributed by atoms with E-state index in [1.807, 2.05) is 0 Å². The molecule has 1 fully saturated rings. The Balaban J connectivity index is 2.15. The van der Waals surface area contributed by atoms with Crippen molar-refractivity contribution in [1.82, 2.24) is 10.3 Å². The van der Waals surface area contributed by atoms with Gasteiger partial charge in [-0.05, 0) is 37.0 Å². The summed E-state index contributed by atoms with van der Waals surface area (Å²) in [5.41, 5.74) is 2.55. The minimum absolute atomic E-state index is 0.518. The lowest BCUT2D eigenvalue weighted by Gasteiger charge is -2.26. The normalized spacial score (nSPS) is 16.1. The summed E-state index contributed by atoms with van der Waals surface area (Å²) in [7, 11) is 2.21. The molecule has 0 unspecified atom stereocenters. The van der Waals surface area contributed by atoms with Crippen LogP contribution in [0.1, 0.15) is 57.7 Å². The van der Waals surface area contributed by atoms with Crippen molar-refractivity contribution in [2.75, 3.05) is 11.9 Å². The Kier molecular flexibility index (Phi) is 5.41. The number of pyridine rings is 1. The molecule has 0 bridgehead atoms. The minimum Gasteiger partial charge on any atom is -0.357 e. The number of hydrogen-bond acceptors (Lipinski definition) is 3. The molecule has 0 aromatic carbocycles. The predicted octanol–water partition coefficient (Wildman–Crippen LogP) is 3.52. The van der Waals surface area contributed by atoms with Crippen LogP contribution in [0.4, 0.5) is 5.82 Å². The highest BCUT2D eigenvalue weighted by Crippen LogP contribution is 2.26. The molecule has 1 N–H and O–H groups in total. The van der Waals surface area contributed by atoms with Crippen LogP contribution in [-0.2, 0) is 13.0 Å². The summed E-state index contributed by atoms with van der Waals surface area (Å²) < 4.78 is 0. The Morgan fingerprint density at radius 1 is 1.30 bits per heavy atom. The summed E-state index contributed by atoms with van der Waals surface area (Å²) in [6.45, 7) is 7.49. The molecular weight excluding hydrogens is 246 g/mol. The third kappa shape index (κ3) is 3.95. The maximum absolute atomic E-state index is 4.82. The molecule has 0 amide bonds. The smallest absolute Gasteiger partial charge is 0.129 e. The summed E-state index contributed by atoms with van der Waals surface area (Å²) in [6, 6.07) is 5.69. The van der Waals surface area contributed by atoms with Crippen molar-refractivity contribution in [3.05, 3.63) is 23.4 Å². The molecule has 112 valence electrons. The fourth-order valence-electron chi connectivity index (χ4n) is 2.90. The van der Waals surface area contributed by atoms with Gasteiger partial charge in [0.25, 0.3) is 0 Å². The summed E-state index contributed by atoms with van der Waals surface area (Å²) >= 11 is 0. The molecule has 1 saturated carbocycles. The average Bonchev–Trinajstić information content (AvgIpc) is 2.98. The number of nitrogens with one attached hydrogen (secondary N) is 1. The molecule has 2 rings (SSSR count). The molecule has 1 aromatic rings. The first kappa shape index (κ1) is 15.3. The van der Waals surface area contributed by atoms with E-state index >= 15 is 0 Å². The maximum atomic E-state index is 4.82. The molecule has 1 aliphatic rings. The molecule has 0 aliphatic heterocycles. The third-order valence-electron chi connectivity index (χ3n) is 4.24. The summed E-state index contributed by atoms with van der Waals surface area (Å²) in [4.78, 5) is 7.22. The van der Waals surface area contributed by atoms with Gasteiger partial charge in [-0.15, -0.1) is 0 Å². The molecule has 0 radical (unpaired) electrons. The fraction of sp³-hybridized carbons (Fsp3) is 0.706. The van der Waals surface area contributed by atoms with Crippen molar-refractivity contribution in [3.8, 4) is 0 Å². The second-order valence-corrected chi connectivity index (χ2v) is 6.26. The number of nitrogens with zero attached hydrogens (tertiary/aromatic N) is 2. The van der Waals surface area contributed by atoms with E-state index in [0.717, 1.165) is 18.8 Å². The highest BCUT2D eigenvalue weighted by atomic mass is 15.2. The van der Waals surface area contributed by atoms with Gasteiger partial charge in [-0.25, -0.2) is 4.98 Å². The second-order valence-electron chi connectivity index (χ2n) is 6.26.